The summed E-state index contributed by atoms with van der Waals surface area (Å²) in [6, 6.07) is 10.9. The molecule has 0 saturated carbocycles. The van der Waals surface area contributed by atoms with Crippen molar-refractivity contribution < 1.29 is 4.43 Å². The maximum atomic E-state index is 6.02. The van der Waals surface area contributed by atoms with Gasteiger partial charge in [-0.25, -0.2) is 0 Å². The Bertz CT molecular complexity index is 501. The fraction of sp³-hybridized carbons (Fsp3) is 0.375. The van der Waals surface area contributed by atoms with Gasteiger partial charge in [-0.15, -0.1) is 0 Å². The molecule has 102 valence electrons. The van der Waals surface area contributed by atoms with Crippen LogP contribution in [-0.4, -0.2) is 23.0 Å². The zero-order valence-electron chi connectivity index (χ0n) is 12.5. The average molecular weight is 289 g/mol. The number of rotatable bonds is 3. The molecule has 0 bridgehead atoms. The lowest BCUT2D eigenvalue weighted by atomic mass is 10.3. The molecule has 1 heterocycles. The van der Waals surface area contributed by atoms with Gasteiger partial charge in [-0.3, -0.25) is 0 Å². The zero-order chi connectivity index (χ0) is 14.1. The van der Waals surface area contributed by atoms with Crippen LogP contribution in [0.1, 0.15) is 6.42 Å². The predicted molar refractivity (Wildman–Crippen MR) is 88.8 cm³/mol. The molecule has 0 spiro atoms. The number of hydrogen-bond acceptors (Lipinski definition) is 1. The van der Waals surface area contributed by atoms with Crippen LogP contribution < -0.4 is 5.19 Å². The highest BCUT2D eigenvalue weighted by molar-refractivity contribution is 6.98. The first-order chi connectivity index (χ1) is 8.89. The molecule has 1 aromatic rings. The number of benzene rings is 1. The van der Waals surface area contributed by atoms with Gasteiger partial charge in [0.25, 0.3) is 0 Å². The molecule has 0 radical (unpaired) electrons. The lowest BCUT2D eigenvalue weighted by Gasteiger charge is -2.29. The minimum Gasteiger partial charge on any atom is -0.413 e. The number of hydrogen-bond donors (Lipinski definition) is 0. The molecule has 0 atom stereocenters. The summed E-state index contributed by atoms with van der Waals surface area (Å²) in [6.45, 7) is 14.5. The van der Waals surface area contributed by atoms with Crippen molar-refractivity contribution in [1.29, 1.82) is 0 Å². The second kappa shape index (κ2) is 5.23. The molecule has 1 aromatic carbocycles. The third-order valence-electron chi connectivity index (χ3n) is 4.24. The van der Waals surface area contributed by atoms with Gasteiger partial charge in [0, 0.05) is 6.61 Å². The first-order valence-corrected chi connectivity index (χ1v) is 12.9. The summed E-state index contributed by atoms with van der Waals surface area (Å²) in [6.07, 6.45) is 3.21. The Morgan fingerprint density at radius 3 is 2.37 bits per heavy atom. The monoisotopic (exact) mass is 288 g/mol. The largest absolute Gasteiger partial charge is 0.413 e. The van der Waals surface area contributed by atoms with Crippen molar-refractivity contribution in [2.75, 3.05) is 6.61 Å². The van der Waals surface area contributed by atoms with Gasteiger partial charge in [-0.2, -0.15) is 0 Å². The van der Waals surface area contributed by atoms with E-state index in [9.17, 15) is 0 Å². The highest BCUT2D eigenvalue weighted by Gasteiger charge is 2.39. The first kappa shape index (κ1) is 14.5. The van der Waals surface area contributed by atoms with Gasteiger partial charge < -0.3 is 4.43 Å². The van der Waals surface area contributed by atoms with Gasteiger partial charge in [0.1, 0.15) is 8.07 Å². The van der Waals surface area contributed by atoms with Gasteiger partial charge >= 0.3 is 0 Å². The van der Waals surface area contributed by atoms with E-state index < -0.39 is 16.4 Å². The van der Waals surface area contributed by atoms with Crippen molar-refractivity contribution >= 4 is 21.6 Å². The molecule has 1 fully saturated rings. The summed E-state index contributed by atoms with van der Waals surface area (Å²) in [7, 11) is -3.30. The number of allylic oxidation sites excluding steroid dienone is 2. The Morgan fingerprint density at radius 2 is 1.89 bits per heavy atom. The Morgan fingerprint density at radius 1 is 1.26 bits per heavy atom. The molecule has 0 amide bonds. The van der Waals surface area contributed by atoms with E-state index in [2.05, 4.69) is 69.2 Å². The van der Waals surface area contributed by atoms with Crippen LogP contribution in [0.5, 0.6) is 0 Å². The average Bonchev–Trinajstić information content (AvgIpc) is 2.71. The summed E-state index contributed by atoms with van der Waals surface area (Å²) >= 11 is 0. The summed E-state index contributed by atoms with van der Waals surface area (Å²) in [5, 5.41) is 4.57. The third-order valence-corrected chi connectivity index (χ3v) is 11.0. The molecule has 0 N–H and O–H groups in total. The minimum atomic E-state index is -1.65. The van der Waals surface area contributed by atoms with Crippen LogP contribution in [0.4, 0.5) is 0 Å². The van der Waals surface area contributed by atoms with Crippen molar-refractivity contribution in [3.8, 4) is 0 Å². The second-order valence-corrected chi connectivity index (χ2v) is 14.5. The Kier molecular flexibility index (Phi) is 3.99. The van der Waals surface area contributed by atoms with Crippen LogP contribution in [-0.2, 0) is 4.43 Å². The first-order valence-electron chi connectivity index (χ1n) is 6.95. The lowest BCUT2D eigenvalue weighted by molar-refractivity contribution is 0.350. The molecule has 1 nitrogen and oxygen atoms in total. The van der Waals surface area contributed by atoms with Crippen molar-refractivity contribution in [3.05, 3.63) is 53.4 Å². The van der Waals surface area contributed by atoms with Gasteiger partial charge in [0.15, 0.2) is 0 Å². The van der Waals surface area contributed by atoms with Crippen LogP contribution in [0.15, 0.2) is 53.4 Å². The lowest BCUT2D eigenvalue weighted by Crippen LogP contribution is -2.45. The maximum Gasteiger partial charge on any atom is 0.214 e. The standard InChI is InChI=1S/C16H24OSi2/c1-6-15(16-12-13-17-19(16,4)5)18(2,3)14-10-8-7-9-11-14/h6-11H,1,12-13H2,2-5H3/b16-15-. The normalized spacial score (nSPS) is 21.3. The molecule has 3 heteroatoms. The zero-order valence-corrected chi connectivity index (χ0v) is 14.5. The summed E-state index contributed by atoms with van der Waals surface area (Å²) in [5.41, 5.74) is 0. The molecular weight excluding hydrogens is 264 g/mol. The van der Waals surface area contributed by atoms with Crippen LogP contribution in [0.3, 0.4) is 0 Å². The van der Waals surface area contributed by atoms with Crippen molar-refractivity contribution in [3.63, 3.8) is 0 Å². The van der Waals surface area contributed by atoms with Crippen LogP contribution in [0.2, 0.25) is 26.2 Å². The van der Waals surface area contributed by atoms with Crippen LogP contribution in [0.25, 0.3) is 0 Å². The topological polar surface area (TPSA) is 9.23 Å². The van der Waals surface area contributed by atoms with Gasteiger partial charge in [0.05, 0.1) is 0 Å². The molecular formula is C16H24OSi2. The van der Waals surface area contributed by atoms with Crippen LogP contribution >= 0.6 is 0 Å². The molecule has 1 saturated heterocycles. The fourth-order valence-electron chi connectivity index (χ4n) is 3.02. The van der Waals surface area contributed by atoms with E-state index in [1.807, 2.05) is 0 Å². The summed E-state index contributed by atoms with van der Waals surface area (Å²) in [5.74, 6) is 0. The Balaban J connectivity index is 2.54. The molecule has 1 aliphatic heterocycles. The van der Waals surface area contributed by atoms with Gasteiger partial charge in [-0.05, 0) is 19.5 Å². The van der Waals surface area contributed by atoms with E-state index in [1.54, 1.807) is 5.20 Å². The van der Waals surface area contributed by atoms with E-state index >= 15 is 0 Å². The van der Waals surface area contributed by atoms with Crippen molar-refractivity contribution in [2.24, 2.45) is 0 Å². The van der Waals surface area contributed by atoms with Crippen molar-refractivity contribution in [1.82, 2.24) is 0 Å². The van der Waals surface area contributed by atoms with Gasteiger partial charge in [0.2, 0.25) is 8.32 Å². The SMILES string of the molecule is C=C/C(=C1\CCO[Si]1(C)C)[Si](C)(C)c1ccccc1. The second-order valence-electron chi connectivity index (χ2n) is 6.20. The Hall–Kier alpha value is -0.906. The van der Waals surface area contributed by atoms with E-state index in [-0.39, 0.29) is 0 Å². The highest BCUT2D eigenvalue weighted by Crippen LogP contribution is 2.33. The van der Waals surface area contributed by atoms with E-state index in [4.69, 9.17) is 4.43 Å². The molecule has 2 rings (SSSR count). The fourth-order valence-corrected chi connectivity index (χ4v) is 9.83. The molecule has 0 aliphatic carbocycles. The predicted octanol–water partition coefficient (Wildman–Crippen LogP) is 3.79. The quantitative estimate of drug-likeness (QED) is 0.769. The Labute approximate surface area is 119 Å². The van der Waals surface area contributed by atoms with E-state index in [0.29, 0.717) is 0 Å². The molecule has 1 aliphatic rings. The van der Waals surface area contributed by atoms with Crippen molar-refractivity contribution in [2.45, 2.75) is 32.6 Å². The maximum absolute atomic E-state index is 6.02. The molecule has 0 aromatic heterocycles. The third kappa shape index (κ3) is 2.68. The van der Waals surface area contributed by atoms with Crippen LogP contribution in [0, 0.1) is 0 Å². The van der Waals surface area contributed by atoms with Gasteiger partial charge in [-0.1, -0.05) is 71.7 Å². The summed E-state index contributed by atoms with van der Waals surface area (Å²) in [4.78, 5) is 0. The smallest absolute Gasteiger partial charge is 0.214 e. The minimum absolute atomic E-state index is 0.894. The van der Waals surface area contributed by atoms with E-state index in [1.165, 1.54) is 10.4 Å². The van der Waals surface area contributed by atoms with E-state index in [0.717, 1.165) is 13.0 Å². The molecule has 19 heavy (non-hydrogen) atoms. The highest BCUT2D eigenvalue weighted by atomic mass is 28.4. The summed E-state index contributed by atoms with van der Waals surface area (Å²) < 4.78 is 6.02. The molecule has 0 unspecified atom stereocenters.